The summed E-state index contributed by atoms with van der Waals surface area (Å²) in [5.74, 6) is 0.489. The van der Waals surface area contributed by atoms with Crippen molar-refractivity contribution < 1.29 is 14.6 Å². The fourth-order valence-corrected chi connectivity index (χ4v) is 2.21. The summed E-state index contributed by atoms with van der Waals surface area (Å²) in [6.45, 7) is 6.17. The second kappa shape index (κ2) is 6.44. The molecule has 0 fully saturated rings. The van der Waals surface area contributed by atoms with Crippen molar-refractivity contribution in [1.82, 2.24) is 0 Å². The van der Waals surface area contributed by atoms with E-state index in [-0.39, 0.29) is 5.56 Å². The fourth-order valence-electron chi connectivity index (χ4n) is 2.21. The lowest BCUT2D eigenvalue weighted by Gasteiger charge is -2.16. The van der Waals surface area contributed by atoms with Gasteiger partial charge in [-0.2, -0.15) is 0 Å². The van der Waals surface area contributed by atoms with Gasteiger partial charge in [-0.3, -0.25) is 0 Å². The molecule has 0 aromatic heterocycles. The average Bonchev–Trinajstić information content (AvgIpc) is 2.47. The Labute approximate surface area is 125 Å². The van der Waals surface area contributed by atoms with E-state index in [2.05, 4.69) is 13.8 Å². The zero-order valence-corrected chi connectivity index (χ0v) is 12.6. The molecule has 110 valence electrons. The minimum Gasteiger partial charge on any atom is -0.478 e. The molecule has 0 aliphatic rings. The number of carboxylic acids is 1. The van der Waals surface area contributed by atoms with Crippen LogP contribution in [0.25, 0.3) is 0 Å². The summed E-state index contributed by atoms with van der Waals surface area (Å²) in [6, 6.07) is 12.9. The summed E-state index contributed by atoms with van der Waals surface area (Å²) >= 11 is 0. The molecule has 3 heteroatoms. The Morgan fingerprint density at radius 2 is 1.90 bits per heavy atom. The highest BCUT2D eigenvalue weighted by molar-refractivity contribution is 5.91. The van der Waals surface area contributed by atoms with Crippen LogP contribution in [0, 0.1) is 6.92 Å². The Hall–Kier alpha value is -2.29. The van der Waals surface area contributed by atoms with Gasteiger partial charge in [-0.1, -0.05) is 38.1 Å². The van der Waals surface area contributed by atoms with Crippen LogP contribution in [0.1, 0.15) is 47.7 Å². The lowest BCUT2D eigenvalue weighted by atomic mass is 9.98. The molecule has 0 aliphatic heterocycles. The van der Waals surface area contributed by atoms with E-state index >= 15 is 0 Å². The molecule has 2 aromatic carbocycles. The number of aromatic carboxylic acids is 1. The molecule has 0 aliphatic carbocycles. The molecule has 0 saturated carbocycles. The van der Waals surface area contributed by atoms with Crippen molar-refractivity contribution in [3.8, 4) is 11.5 Å². The maximum absolute atomic E-state index is 11.3. The summed E-state index contributed by atoms with van der Waals surface area (Å²) in [4.78, 5) is 11.3. The summed E-state index contributed by atoms with van der Waals surface area (Å²) in [5, 5.41) is 9.28. The van der Waals surface area contributed by atoms with Crippen LogP contribution < -0.4 is 4.74 Å². The van der Waals surface area contributed by atoms with Gasteiger partial charge >= 0.3 is 5.97 Å². The highest BCUT2D eigenvalue weighted by Crippen LogP contribution is 2.33. The molecule has 0 bridgehead atoms. The number of rotatable bonds is 5. The number of para-hydroxylation sites is 1. The van der Waals surface area contributed by atoms with E-state index < -0.39 is 5.97 Å². The van der Waals surface area contributed by atoms with Crippen LogP contribution in [0.2, 0.25) is 0 Å². The summed E-state index contributed by atoms with van der Waals surface area (Å²) in [7, 11) is 0. The first-order chi connectivity index (χ1) is 10.0. The maximum atomic E-state index is 11.3. The summed E-state index contributed by atoms with van der Waals surface area (Å²) in [6.07, 6.45) is 1.000. The molecule has 0 heterocycles. The van der Waals surface area contributed by atoms with Crippen LogP contribution >= 0.6 is 0 Å². The highest BCUT2D eigenvalue weighted by Gasteiger charge is 2.15. The van der Waals surface area contributed by atoms with Gasteiger partial charge in [0.2, 0.25) is 0 Å². The lowest BCUT2D eigenvalue weighted by Crippen LogP contribution is -2.02. The van der Waals surface area contributed by atoms with E-state index in [9.17, 15) is 9.90 Å². The minimum atomic E-state index is -0.981. The van der Waals surface area contributed by atoms with Gasteiger partial charge in [-0.05, 0) is 48.6 Å². The third kappa shape index (κ3) is 3.43. The van der Waals surface area contributed by atoms with E-state index in [1.165, 1.54) is 0 Å². The van der Waals surface area contributed by atoms with E-state index in [0.29, 0.717) is 11.7 Å². The number of carbonyl (C=O) groups is 1. The van der Waals surface area contributed by atoms with Crippen LogP contribution in [-0.4, -0.2) is 11.1 Å². The fraction of sp³-hybridized carbons (Fsp3) is 0.278. The summed E-state index contributed by atoms with van der Waals surface area (Å²) in [5.41, 5.74) is 2.24. The second-order valence-corrected chi connectivity index (χ2v) is 5.25. The van der Waals surface area contributed by atoms with Crippen LogP contribution in [0.15, 0.2) is 42.5 Å². The van der Waals surface area contributed by atoms with Crippen molar-refractivity contribution in [3.05, 3.63) is 59.2 Å². The molecule has 2 aromatic rings. The van der Waals surface area contributed by atoms with E-state index in [4.69, 9.17) is 4.74 Å². The number of benzene rings is 2. The molecular formula is C18H20O3. The molecular weight excluding hydrogens is 264 g/mol. The zero-order chi connectivity index (χ0) is 15.4. The Morgan fingerprint density at radius 1 is 1.19 bits per heavy atom. The maximum Gasteiger partial charge on any atom is 0.339 e. The van der Waals surface area contributed by atoms with Crippen molar-refractivity contribution in [1.29, 1.82) is 0 Å². The molecule has 2 rings (SSSR count). The van der Waals surface area contributed by atoms with Gasteiger partial charge in [0.15, 0.2) is 0 Å². The number of aryl methyl sites for hydroxylation is 1. The molecule has 1 atom stereocenters. The average molecular weight is 284 g/mol. The molecule has 0 spiro atoms. The monoisotopic (exact) mass is 284 g/mol. The number of ether oxygens (including phenoxy) is 1. The molecule has 21 heavy (non-hydrogen) atoms. The summed E-state index contributed by atoms with van der Waals surface area (Å²) < 4.78 is 5.92. The van der Waals surface area contributed by atoms with Crippen molar-refractivity contribution in [2.24, 2.45) is 0 Å². The second-order valence-electron chi connectivity index (χ2n) is 5.25. The molecule has 3 nitrogen and oxygen atoms in total. The highest BCUT2D eigenvalue weighted by atomic mass is 16.5. The van der Waals surface area contributed by atoms with Crippen LogP contribution in [0.3, 0.4) is 0 Å². The minimum absolute atomic E-state index is 0.180. The third-order valence-corrected chi connectivity index (χ3v) is 3.65. The van der Waals surface area contributed by atoms with Gasteiger partial charge < -0.3 is 9.84 Å². The van der Waals surface area contributed by atoms with Crippen LogP contribution in [0.5, 0.6) is 11.5 Å². The van der Waals surface area contributed by atoms with Gasteiger partial charge in [0.25, 0.3) is 0 Å². The Balaban J connectivity index is 2.43. The normalized spacial score (nSPS) is 12.0. The van der Waals surface area contributed by atoms with Crippen molar-refractivity contribution >= 4 is 5.97 Å². The molecule has 0 radical (unpaired) electrons. The van der Waals surface area contributed by atoms with Crippen molar-refractivity contribution in [3.63, 3.8) is 0 Å². The van der Waals surface area contributed by atoms with Crippen molar-refractivity contribution in [2.75, 3.05) is 0 Å². The molecule has 1 N–H and O–H groups in total. The van der Waals surface area contributed by atoms with Gasteiger partial charge in [-0.15, -0.1) is 0 Å². The smallest absolute Gasteiger partial charge is 0.339 e. The Kier molecular flexibility index (Phi) is 4.63. The number of carboxylic acid groups (broad SMARTS) is 1. The first-order valence-corrected chi connectivity index (χ1v) is 7.13. The first-order valence-electron chi connectivity index (χ1n) is 7.13. The van der Waals surface area contributed by atoms with Gasteiger partial charge in [0.05, 0.1) is 0 Å². The first kappa shape index (κ1) is 15.1. The quantitative estimate of drug-likeness (QED) is 0.840. The zero-order valence-electron chi connectivity index (χ0n) is 12.6. The van der Waals surface area contributed by atoms with Crippen molar-refractivity contribution in [2.45, 2.75) is 33.1 Å². The van der Waals surface area contributed by atoms with E-state index in [1.54, 1.807) is 18.2 Å². The molecule has 1 unspecified atom stereocenters. The largest absolute Gasteiger partial charge is 0.478 e. The van der Waals surface area contributed by atoms with Gasteiger partial charge in [0.1, 0.15) is 17.1 Å². The van der Waals surface area contributed by atoms with Gasteiger partial charge in [-0.25, -0.2) is 4.79 Å². The number of hydrogen-bond donors (Lipinski definition) is 1. The predicted octanol–water partition coefficient (Wildman–Crippen LogP) is 5.00. The van der Waals surface area contributed by atoms with Crippen LogP contribution in [-0.2, 0) is 0 Å². The SMILES string of the molecule is CCC(C)c1ccccc1Oc1cc(C)ccc1C(=O)O. The molecule has 0 saturated heterocycles. The van der Waals surface area contributed by atoms with E-state index in [0.717, 1.165) is 23.3 Å². The topological polar surface area (TPSA) is 46.5 Å². The Morgan fingerprint density at radius 3 is 2.57 bits per heavy atom. The van der Waals surface area contributed by atoms with Crippen LogP contribution in [0.4, 0.5) is 0 Å². The molecule has 0 amide bonds. The Bertz CT molecular complexity index is 647. The predicted molar refractivity (Wildman–Crippen MR) is 83.4 cm³/mol. The third-order valence-electron chi connectivity index (χ3n) is 3.65. The lowest BCUT2D eigenvalue weighted by molar-refractivity contribution is 0.0694. The number of hydrogen-bond acceptors (Lipinski definition) is 2. The van der Waals surface area contributed by atoms with Gasteiger partial charge in [0, 0.05) is 0 Å². The van der Waals surface area contributed by atoms with E-state index in [1.807, 2.05) is 31.2 Å². The standard InChI is InChI=1S/C18H20O3/c1-4-13(3)14-7-5-6-8-16(14)21-17-11-12(2)9-10-15(17)18(19)20/h5-11,13H,4H2,1-3H3,(H,19,20).